The molecule has 21 heavy (non-hydrogen) atoms. The summed E-state index contributed by atoms with van der Waals surface area (Å²) in [6.07, 6.45) is 2.95. The highest BCUT2D eigenvalue weighted by Crippen LogP contribution is 2.17. The number of benzene rings is 1. The molecule has 0 atom stereocenters. The molecule has 4 nitrogen and oxygen atoms in total. The van der Waals surface area contributed by atoms with E-state index in [-0.39, 0.29) is 12.4 Å². The third-order valence-corrected chi connectivity index (χ3v) is 4.92. The number of hydrogen-bond acceptors (Lipinski definition) is 3. The van der Waals surface area contributed by atoms with Crippen molar-refractivity contribution in [2.24, 2.45) is 0 Å². The minimum absolute atomic E-state index is 0. The van der Waals surface area contributed by atoms with Gasteiger partial charge in [0.05, 0.1) is 4.90 Å². The van der Waals surface area contributed by atoms with E-state index in [1.165, 1.54) is 0 Å². The van der Waals surface area contributed by atoms with Crippen molar-refractivity contribution in [3.05, 3.63) is 41.5 Å². The Bertz CT molecular complexity index is 580. The minimum Gasteiger partial charge on any atom is -0.313 e. The van der Waals surface area contributed by atoms with Gasteiger partial charge in [-0.25, -0.2) is 13.1 Å². The highest BCUT2D eigenvalue weighted by Gasteiger charge is 2.15. The molecule has 0 radical (unpaired) electrons. The van der Waals surface area contributed by atoms with Crippen molar-refractivity contribution < 1.29 is 8.42 Å². The molecule has 6 heteroatoms. The van der Waals surface area contributed by atoms with E-state index >= 15 is 0 Å². The van der Waals surface area contributed by atoms with Crippen molar-refractivity contribution in [2.45, 2.75) is 31.1 Å². The van der Waals surface area contributed by atoms with Gasteiger partial charge in [-0.1, -0.05) is 37.6 Å². The predicted octanol–water partition coefficient (Wildman–Crippen LogP) is 2.43. The summed E-state index contributed by atoms with van der Waals surface area (Å²) < 4.78 is 27.1. The average molecular weight is 331 g/mol. The van der Waals surface area contributed by atoms with Gasteiger partial charge in [-0.3, -0.25) is 0 Å². The molecule has 1 aromatic carbocycles. The molecule has 2 rings (SSSR count). The summed E-state index contributed by atoms with van der Waals surface area (Å²) in [5, 5.41) is 3.21. The Balaban J connectivity index is 0.00000220. The zero-order chi connectivity index (χ0) is 14.6. The SMILES string of the molecule is CC(C)c1ccc(S(=O)(=O)NCC2=CCNCC2)cc1.Cl. The van der Waals surface area contributed by atoms with E-state index < -0.39 is 10.0 Å². The Morgan fingerprint density at radius 1 is 1.24 bits per heavy atom. The van der Waals surface area contributed by atoms with E-state index in [0.29, 0.717) is 17.4 Å². The van der Waals surface area contributed by atoms with Gasteiger partial charge in [0.2, 0.25) is 10.0 Å². The summed E-state index contributed by atoms with van der Waals surface area (Å²) in [6, 6.07) is 7.11. The van der Waals surface area contributed by atoms with Crippen LogP contribution in [0.4, 0.5) is 0 Å². The van der Waals surface area contributed by atoms with Crippen LogP contribution in [-0.2, 0) is 10.0 Å². The van der Waals surface area contributed by atoms with Gasteiger partial charge in [-0.15, -0.1) is 12.4 Å². The largest absolute Gasteiger partial charge is 0.313 e. The van der Waals surface area contributed by atoms with Crippen LogP contribution in [0.2, 0.25) is 0 Å². The second-order valence-electron chi connectivity index (χ2n) is 5.36. The molecular weight excluding hydrogens is 308 g/mol. The summed E-state index contributed by atoms with van der Waals surface area (Å²) in [6.45, 7) is 6.31. The van der Waals surface area contributed by atoms with Gasteiger partial charge in [-0.2, -0.15) is 0 Å². The Hall–Kier alpha value is -0.880. The van der Waals surface area contributed by atoms with E-state index in [1.54, 1.807) is 12.1 Å². The van der Waals surface area contributed by atoms with Crippen LogP contribution < -0.4 is 10.0 Å². The van der Waals surface area contributed by atoms with Gasteiger partial charge in [0.15, 0.2) is 0 Å². The highest BCUT2D eigenvalue weighted by molar-refractivity contribution is 7.89. The molecule has 0 aromatic heterocycles. The van der Waals surface area contributed by atoms with Crippen LogP contribution in [0.25, 0.3) is 0 Å². The third-order valence-electron chi connectivity index (χ3n) is 3.50. The second-order valence-corrected chi connectivity index (χ2v) is 7.13. The number of hydrogen-bond donors (Lipinski definition) is 2. The summed E-state index contributed by atoms with van der Waals surface area (Å²) in [4.78, 5) is 0.330. The van der Waals surface area contributed by atoms with Gasteiger partial charge in [-0.05, 0) is 36.6 Å². The normalized spacial score (nSPS) is 15.5. The lowest BCUT2D eigenvalue weighted by molar-refractivity contribution is 0.582. The molecule has 1 heterocycles. The number of rotatable bonds is 5. The Morgan fingerprint density at radius 2 is 1.90 bits per heavy atom. The standard InChI is InChI=1S/C15H22N2O2S.ClH/c1-12(2)14-3-5-15(6-4-14)20(18,19)17-11-13-7-9-16-10-8-13;/h3-7,12,16-17H,8-11H2,1-2H3;1H. The molecule has 2 N–H and O–H groups in total. The molecule has 0 aliphatic carbocycles. The van der Waals surface area contributed by atoms with E-state index in [9.17, 15) is 8.42 Å². The zero-order valence-electron chi connectivity index (χ0n) is 12.4. The van der Waals surface area contributed by atoms with E-state index in [0.717, 1.165) is 30.6 Å². The number of sulfonamides is 1. The molecule has 1 aliphatic heterocycles. The summed E-state index contributed by atoms with van der Waals surface area (Å²) >= 11 is 0. The lowest BCUT2D eigenvalue weighted by Gasteiger charge is -2.15. The molecule has 118 valence electrons. The maximum Gasteiger partial charge on any atom is 0.240 e. The minimum atomic E-state index is -3.41. The molecular formula is C15H23ClN2O2S. The molecule has 0 saturated carbocycles. The fourth-order valence-corrected chi connectivity index (χ4v) is 3.17. The quantitative estimate of drug-likeness (QED) is 0.815. The molecule has 0 bridgehead atoms. The van der Waals surface area contributed by atoms with Crippen LogP contribution in [-0.4, -0.2) is 28.1 Å². The summed E-state index contributed by atoms with van der Waals surface area (Å²) in [5.41, 5.74) is 2.29. The smallest absolute Gasteiger partial charge is 0.240 e. The Kier molecular flexibility index (Phi) is 6.87. The van der Waals surface area contributed by atoms with Crippen LogP contribution in [0, 0.1) is 0 Å². The van der Waals surface area contributed by atoms with Crippen molar-refractivity contribution in [3.63, 3.8) is 0 Å². The zero-order valence-corrected chi connectivity index (χ0v) is 14.1. The molecule has 0 fully saturated rings. The maximum absolute atomic E-state index is 12.2. The van der Waals surface area contributed by atoms with Crippen molar-refractivity contribution in [2.75, 3.05) is 19.6 Å². The van der Waals surface area contributed by atoms with Crippen LogP contribution in [0.3, 0.4) is 0 Å². The van der Waals surface area contributed by atoms with Crippen molar-refractivity contribution in [1.82, 2.24) is 10.0 Å². The van der Waals surface area contributed by atoms with E-state index in [4.69, 9.17) is 0 Å². The van der Waals surface area contributed by atoms with Crippen molar-refractivity contribution in [3.8, 4) is 0 Å². The van der Waals surface area contributed by atoms with Crippen molar-refractivity contribution in [1.29, 1.82) is 0 Å². The first-order valence-electron chi connectivity index (χ1n) is 6.97. The third kappa shape index (κ3) is 5.11. The first-order valence-corrected chi connectivity index (χ1v) is 8.45. The molecule has 0 amide bonds. The summed E-state index contributed by atoms with van der Waals surface area (Å²) in [5.74, 6) is 0.402. The summed E-state index contributed by atoms with van der Waals surface area (Å²) in [7, 11) is -3.41. The van der Waals surface area contributed by atoms with Gasteiger partial charge < -0.3 is 5.32 Å². The molecule has 0 spiro atoms. The monoisotopic (exact) mass is 330 g/mol. The van der Waals surface area contributed by atoms with Crippen molar-refractivity contribution >= 4 is 22.4 Å². The second kappa shape index (κ2) is 7.94. The van der Waals surface area contributed by atoms with Gasteiger partial charge in [0.25, 0.3) is 0 Å². The topological polar surface area (TPSA) is 58.2 Å². The van der Waals surface area contributed by atoms with E-state index in [2.05, 4.69) is 23.9 Å². The van der Waals surface area contributed by atoms with E-state index in [1.807, 2.05) is 18.2 Å². The van der Waals surface area contributed by atoms with Crippen LogP contribution in [0.15, 0.2) is 40.8 Å². The highest BCUT2D eigenvalue weighted by atomic mass is 35.5. The molecule has 0 unspecified atom stereocenters. The first kappa shape index (κ1) is 18.2. The van der Waals surface area contributed by atoms with Crippen LogP contribution in [0.1, 0.15) is 31.7 Å². The fraction of sp³-hybridized carbons (Fsp3) is 0.467. The van der Waals surface area contributed by atoms with Gasteiger partial charge >= 0.3 is 0 Å². The lowest BCUT2D eigenvalue weighted by atomic mass is 10.0. The lowest BCUT2D eigenvalue weighted by Crippen LogP contribution is -2.29. The Morgan fingerprint density at radius 3 is 2.43 bits per heavy atom. The van der Waals surface area contributed by atoms with Crippen LogP contribution in [0.5, 0.6) is 0 Å². The van der Waals surface area contributed by atoms with Gasteiger partial charge in [0, 0.05) is 13.1 Å². The fourth-order valence-electron chi connectivity index (χ4n) is 2.13. The maximum atomic E-state index is 12.2. The molecule has 1 aliphatic rings. The van der Waals surface area contributed by atoms with Crippen LogP contribution >= 0.6 is 12.4 Å². The average Bonchev–Trinajstić information content (AvgIpc) is 2.46. The predicted molar refractivity (Wildman–Crippen MR) is 88.5 cm³/mol. The van der Waals surface area contributed by atoms with Gasteiger partial charge in [0.1, 0.15) is 0 Å². The number of nitrogens with one attached hydrogen (secondary N) is 2. The molecule has 1 aromatic rings. The number of halogens is 1. The Labute approximate surface area is 133 Å². The first-order chi connectivity index (χ1) is 9.49. The molecule has 0 saturated heterocycles.